The average molecular weight is 1030 g/mol. The predicted molar refractivity (Wildman–Crippen MR) is 339 cm³/mol. The minimum atomic E-state index is -0.167. The maximum Gasteiger partial charge on any atom is 0.252 e. The quantitative estimate of drug-likeness (QED) is 0.148. The lowest BCUT2D eigenvalue weighted by atomic mass is 9.33. The maximum absolute atomic E-state index is 2.78. The molecule has 1 aliphatic carbocycles. The van der Waals surface area contributed by atoms with Crippen LogP contribution >= 0.6 is 0 Å². The van der Waals surface area contributed by atoms with Gasteiger partial charge >= 0.3 is 0 Å². The SMILES string of the molecule is CC(C)(C)c1ccc(N2c3cc(N4c5ccc(N(c6ccccc6)c6ccccc6)cc5C5(C)CCCCC45C)ccc3B3c4ccccc4N(c4ccc(C(C)(C)C)cc4-c4ccccc4)c4cc(C(C)(C)C)cc2c43)cc1. The second-order valence-corrected chi connectivity index (χ2v) is 26.6. The van der Waals surface area contributed by atoms with Crippen LogP contribution in [-0.4, -0.2) is 12.3 Å². The summed E-state index contributed by atoms with van der Waals surface area (Å²) in [5.41, 5.74) is 24.8. The van der Waals surface area contributed by atoms with Crippen LogP contribution in [0.3, 0.4) is 0 Å². The Kier molecular flexibility index (Phi) is 11.8. The van der Waals surface area contributed by atoms with Gasteiger partial charge in [0.25, 0.3) is 6.71 Å². The third-order valence-corrected chi connectivity index (χ3v) is 18.6. The molecule has 0 saturated heterocycles. The molecule has 2 atom stereocenters. The highest BCUT2D eigenvalue weighted by Gasteiger charge is 2.58. The van der Waals surface area contributed by atoms with Gasteiger partial charge in [-0.3, -0.25) is 0 Å². The molecule has 4 nitrogen and oxygen atoms in total. The van der Waals surface area contributed by atoms with Crippen LogP contribution in [0.1, 0.15) is 124 Å². The second kappa shape index (κ2) is 18.4. The van der Waals surface area contributed by atoms with Crippen LogP contribution in [0.4, 0.5) is 62.6 Å². The summed E-state index contributed by atoms with van der Waals surface area (Å²) in [5.74, 6) is 0. The third kappa shape index (κ3) is 8.16. The van der Waals surface area contributed by atoms with Gasteiger partial charge in [-0.25, -0.2) is 0 Å². The van der Waals surface area contributed by atoms with Crippen molar-refractivity contribution in [1.29, 1.82) is 0 Å². The van der Waals surface area contributed by atoms with E-state index in [2.05, 4.69) is 302 Å². The first kappa shape index (κ1) is 50.7. The molecule has 0 amide bonds. The lowest BCUT2D eigenvalue weighted by Gasteiger charge is -2.50. The van der Waals surface area contributed by atoms with Crippen molar-refractivity contribution in [1.82, 2.24) is 0 Å². The Labute approximate surface area is 471 Å². The largest absolute Gasteiger partial charge is 0.334 e. The van der Waals surface area contributed by atoms with Gasteiger partial charge in [0.1, 0.15) is 0 Å². The van der Waals surface area contributed by atoms with Crippen molar-refractivity contribution in [3.8, 4) is 11.1 Å². The zero-order valence-corrected chi connectivity index (χ0v) is 48.3. The van der Waals surface area contributed by atoms with Crippen molar-refractivity contribution in [2.24, 2.45) is 0 Å². The summed E-state index contributed by atoms with van der Waals surface area (Å²) in [4.78, 5) is 10.5. The van der Waals surface area contributed by atoms with Gasteiger partial charge in [-0.05, 0) is 177 Å². The molecule has 9 aromatic rings. The van der Waals surface area contributed by atoms with Crippen LogP contribution in [0.15, 0.2) is 206 Å². The van der Waals surface area contributed by atoms with Gasteiger partial charge in [0.2, 0.25) is 0 Å². The Morgan fingerprint density at radius 2 is 0.949 bits per heavy atom. The second-order valence-electron chi connectivity index (χ2n) is 26.6. The van der Waals surface area contributed by atoms with Crippen molar-refractivity contribution in [3.05, 3.63) is 229 Å². The summed E-state index contributed by atoms with van der Waals surface area (Å²) in [7, 11) is 0. The Morgan fingerprint density at radius 1 is 0.405 bits per heavy atom. The van der Waals surface area contributed by atoms with E-state index < -0.39 is 0 Å². The number of rotatable bonds is 7. The van der Waals surface area contributed by atoms with E-state index in [1.54, 1.807) is 0 Å². The molecule has 2 unspecified atom stereocenters. The fraction of sp³-hybridized carbons (Fsp3) is 0.270. The number of para-hydroxylation sites is 3. The first-order valence-corrected chi connectivity index (χ1v) is 29.0. The first-order chi connectivity index (χ1) is 37.8. The fourth-order valence-electron chi connectivity index (χ4n) is 14.1. The number of fused-ring (bicyclic) bond motifs is 7. The van der Waals surface area contributed by atoms with E-state index in [0.717, 1.165) is 24.2 Å². The molecule has 0 bridgehead atoms. The smallest absolute Gasteiger partial charge is 0.252 e. The van der Waals surface area contributed by atoms with Gasteiger partial charge < -0.3 is 19.6 Å². The zero-order valence-electron chi connectivity index (χ0n) is 48.3. The van der Waals surface area contributed by atoms with Gasteiger partial charge in [0.15, 0.2) is 0 Å². The molecular formula is C74H75BN4. The lowest BCUT2D eigenvalue weighted by molar-refractivity contribution is 0.195. The molecule has 0 radical (unpaired) electrons. The molecular weight excluding hydrogens is 956 g/mol. The third-order valence-electron chi connectivity index (χ3n) is 18.6. The van der Waals surface area contributed by atoms with E-state index in [1.807, 2.05) is 0 Å². The minimum Gasteiger partial charge on any atom is -0.334 e. The minimum absolute atomic E-state index is 0.00938. The highest BCUT2D eigenvalue weighted by Crippen LogP contribution is 2.62. The molecule has 9 aromatic carbocycles. The topological polar surface area (TPSA) is 13.0 Å². The van der Waals surface area contributed by atoms with Crippen LogP contribution in [-0.2, 0) is 21.7 Å². The molecule has 1 saturated carbocycles. The summed E-state index contributed by atoms with van der Waals surface area (Å²) >= 11 is 0. The van der Waals surface area contributed by atoms with Crippen LogP contribution in [0.25, 0.3) is 11.1 Å². The van der Waals surface area contributed by atoms with E-state index >= 15 is 0 Å². The van der Waals surface area contributed by atoms with E-state index in [-0.39, 0.29) is 33.9 Å². The molecule has 0 spiro atoms. The Morgan fingerprint density at radius 3 is 1.59 bits per heavy atom. The van der Waals surface area contributed by atoms with Gasteiger partial charge in [-0.1, -0.05) is 191 Å². The summed E-state index contributed by atoms with van der Waals surface area (Å²) < 4.78 is 0. The van der Waals surface area contributed by atoms with Crippen LogP contribution in [0, 0.1) is 0 Å². The van der Waals surface area contributed by atoms with Crippen molar-refractivity contribution < 1.29 is 0 Å². The number of benzene rings is 9. The summed E-state index contributed by atoms with van der Waals surface area (Å²) in [6, 6.07) is 78.8. The summed E-state index contributed by atoms with van der Waals surface area (Å²) in [5, 5.41) is 0. The summed E-state index contributed by atoms with van der Waals surface area (Å²) in [6.07, 6.45) is 4.66. The molecule has 1 fully saturated rings. The van der Waals surface area contributed by atoms with Crippen molar-refractivity contribution in [2.45, 2.75) is 129 Å². The number of hydrogen-bond acceptors (Lipinski definition) is 4. The number of anilines is 11. The van der Waals surface area contributed by atoms with Gasteiger partial charge in [0.05, 0.1) is 11.2 Å². The molecule has 5 heteroatoms. The maximum atomic E-state index is 2.78. The lowest BCUT2D eigenvalue weighted by Crippen LogP contribution is -2.61. The molecule has 394 valence electrons. The van der Waals surface area contributed by atoms with Gasteiger partial charge in [-0.2, -0.15) is 0 Å². The van der Waals surface area contributed by atoms with E-state index in [4.69, 9.17) is 0 Å². The normalized spacial score (nSPS) is 18.4. The standard InChI is InChI=1S/C74H75BN4/c1-70(2,3)51-33-36-56(37-34-51)77-66-49-58(79-64-42-39-57(48-60(64)73(10)43-23-24-44-74(73,79)11)76(54-27-17-13-18-28-54)55-29-19-14-20-30-55)38-40-62(66)75-61-31-21-22-32-65(61)78(68-47-53(72(7,8)9)46-67(77)69(68)75)63-41-35-52(71(4,5)6)45-59(63)50-25-15-12-16-26-50/h12-22,25-42,45-49H,23-24,43-44H2,1-11H3. The average Bonchev–Trinajstić information content (AvgIpc) is 3.88. The summed E-state index contributed by atoms with van der Waals surface area (Å²) in [6.45, 7) is 26.2. The predicted octanol–water partition coefficient (Wildman–Crippen LogP) is 18.5. The van der Waals surface area contributed by atoms with E-state index in [0.29, 0.717) is 0 Å². The molecule has 79 heavy (non-hydrogen) atoms. The Bertz CT molecular complexity index is 3750. The highest BCUT2D eigenvalue weighted by atomic mass is 15.3. The van der Waals surface area contributed by atoms with Crippen LogP contribution in [0.5, 0.6) is 0 Å². The molecule has 3 aliphatic heterocycles. The van der Waals surface area contributed by atoms with Crippen LogP contribution in [0.2, 0.25) is 0 Å². The molecule has 13 rings (SSSR count). The molecule has 4 aliphatic rings. The van der Waals surface area contributed by atoms with Gasteiger partial charge in [0, 0.05) is 67.9 Å². The zero-order chi connectivity index (χ0) is 54.8. The van der Waals surface area contributed by atoms with Gasteiger partial charge in [-0.15, -0.1) is 0 Å². The van der Waals surface area contributed by atoms with Crippen LogP contribution < -0.4 is 36.0 Å². The Hall–Kier alpha value is -7.76. The molecule has 0 aromatic heterocycles. The number of hydrogen-bond donors (Lipinski definition) is 0. The van der Waals surface area contributed by atoms with Crippen molar-refractivity contribution >= 4 is 85.7 Å². The van der Waals surface area contributed by atoms with E-state index in [1.165, 1.54) is 114 Å². The fourth-order valence-corrected chi connectivity index (χ4v) is 14.1. The molecule has 3 heterocycles. The molecule has 0 N–H and O–H groups in total. The Balaban J connectivity index is 1.05. The highest BCUT2D eigenvalue weighted by molar-refractivity contribution is 7.00. The monoisotopic (exact) mass is 1030 g/mol. The van der Waals surface area contributed by atoms with E-state index in [9.17, 15) is 0 Å². The first-order valence-electron chi connectivity index (χ1n) is 29.0. The van der Waals surface area contributed by atoms with Crippen molar-refractivity contribution in [2.75, 3.05) is 19.6 Å². The van der Waals surface area contributed by atoms with Crippen molar-refractivity contribution in [3.63, 3.8) is 0 Å². The number of nitrogens with zero attached hydrogens (tertiary/aromatic N) is 4.